The molecule has 1 aromatic carbocycles. The Hall–Kier alpha value is -1.36. The Bertz CT molecular complexity index is 461. The van der Waals surface area contributed by atoms with Crippen molar-refractivity contribution in [3.8, 4) is 0 Å². The molecule has 0 aliphatic carbocycles. The van der Waals surface area contributed by atoms with Gasteiger partial charge < -0.3 is 10.4 Å². The smallest absolute Gasteiger partial charge is 0.305 e. The maximum absolute atomic E-state index is 12.1. The number of amides is 1. The fraction of sp³-hybridized carbons (Fsp3) is 0.385. The first kappa shape index (κ1) is 14.7. The number of benzene rings is 1. The van der Waals surface area contributed by atoms with Crippen LogP contribution in [-0.4, -0.2) is 22.5 Å². The summed E-state index contributed by atoms with van der Waals surface area (Å²) in [5.74, 6) is -1.19. The molecule has 1 amide bonds. The molecule has 0 saturated heterocycles. The Kier molecular flexibility index (Phi) is 4.90. The summed E-state index contributed by atoms with van der Waals surface area (Å²) in [6.45, 7) is 3.58. The van der Waals surface area contributed by atoms with Gasteiger partial charge >= 0.3 is 5.97 Å². The molecule has 0 bridgehead atoms. The topological polar surface area (TPSA) is 66.4 Å². The average Bonchev–Trinajstić information content (AvgIpc) is 2.28. The van der Waals surface area contributed by atoms with Crippen LogP contribution in [0, 0.1) is 0 Å². The van der Waals surface area contributed by atoms with Gasteiger partial charge in [0.15, 0.2) is 0 Å². The van der Waals surface area contributed by atoms with Gasteiger partial charge in [-0.2, -0.15) is 0 Å². The highest BCUT2D eigenvalue weighted by Crippen LogP contribution is 2.19. The van der Waals surface area contributed by atoms with Crippen LogP contribution in [0.2, 0.25) is 0 Å². The van der Waals surface area contributed by atoms with Gasteiger partial charge in [-0.05, 0) is 41.4 Å². The van der Waals surface area contributed by atoms with Gasteiger partial charge in [0.1, 0.15) is 0 Å². The number of nitrogens with one attached hydrogen (secondary N) is 1. The fourth-order valence-corrected chi connectivity index (χ4v) is 2.04. The first-order chi connectivity index (χ1) is 8.38. The predicted octanol–water partition coefficient (Wildman–Crippen LogP) is 2.82. The van der Waals surface area contributed by atoms with E-state index in [1.165, 1.54) is 0 Å². The van der Waals surface area contributed by atoms with Gasteiger partial charge in [0.05, 0.1) is 12.0 Å². The van der Waals surface area contributed by atoms with Gasteiger partial charge in [-0.15, -0.1) is 0 Å². The highest BCUT2D eigenvalue weighted by Gasteiger charge is 2.28. The number of carboxylic acids is 1. The molecule has 1 unspecified atom stereocenters. The van der Waals surface area contributed by atoms with Crippen LogP contribution < -0.4 is 5.32 Å². The van der Waals surface area contributed by atoms with E-state index in [0.29, 0.717) is 16.5 Å². The second-order valence-corrected chi connectivity index (χ2v) is 5.27. The summed E-state index contributed by atoms with van der Waals surface area (Å²) in [6.07, 6.45) is 0.454. The second kappa shape index (κ2) is 6.00. The van der Waals surface area contributed by atoms with Crippen molar-refractivity contribution in [2.24, 2.45) is 0 Å². The van der Waals surface area contributed by atoms with E-state index in [1.54, 1.807) is 25.1 Å². The van der Waals surface area contributed by atoms with Gasteiger partial charge in [0.2, 0.25) is 0 Å². The lowest BCUT2D eigenvalue weighted by Gasteiger charge is -2.28. The molecule has 0 aromatic heterocycles. The third-order valence-electron chi connectivity index (χ3n) is 2.86. The van der Waals surface area contributed by atoms with Crippen LogP contribution in [-0.2, 0) is 4.79 Å². The Morgan fingerprint density at radius 3 is 2.50 bits per heavy atom. The second-order valence-electron chi connectivity index (χ2n) is 4.42. The molecule has 5 heteroatoms. The highest BCUT2D eigenvalue weighted by molar-refractivity contribution is 9.10. The zero-order valence-corrected chi connectivity index (χ0v) is 12.0. The average molecular weight is 314 g/mol. The van der Waals surface area contributed by atoms with Crippen LogP contribution in [0.25, 0.3) is 0 Å². The molecule has 4 nitrogen and oxygen atoms in total. The number of hydrogen-bond acceptors (Lipinski definition) is 2. The Balaban J connectivity index is 2.86. The molecule has 98 valence electrons. The van der Waals surface area contributed by atoms with E-state index < -0.39 is 11.5 Å². The van der Waals surface area contributed by atoms with E-state index in [0.717, 1.165) is 0 Å². The molecule has 1 atom stereocenters. The van der Waals surface area contributed by atoms with Crippen LogP contribution in [0.3, 0.4) is 0 Å². The number of carbonyl (C=O) groups is 2. The minimum absolute atomic E-state index is 0.0975. The van der Waals surface area contributed by atoms with Crippen LogP contribution in [0.15, 0.2) is 28.7 Å². The van der Waals surface area contributed by atoms with Crippen molar-refractivity contribution < 1.29 is 14.7 Å². The van der Waals surface area contributed by atoms with Gasteiger partial charge in [-0.25, -0.2) is 0 Å². The molecule has 0 heterocycles. The summed E-state index contributed by atoms with van der Waals surface area (Å²) in [5.41, 5.74) is -0.236. The van der Waals surface area contributed by atoms with Crippen molar-refractivity contribution in [1.29, 1.82) is 0 Å². The van der Waals surface area contributed by atoms with Crippen LogP contribution in [0.4, 0.5) is 0 Å². The van der Waals surface area contributed by atoms with Crippen LogP contribution >= 0.6 is 15.9 Å². The lowest BCUT2D eigenvalue weighted by atomic mass is 9.94. The summed E-state index contributed by atoms with van der Waals surface area (Å²) in [6, 6.07) is 7.04. The maximum atomic E-state index is 12.1. The van der Waals surface area contributed by atoms with E-state index in [4.69, 9.17) is 5.11 Å². The first-order valence-corrected chi connectivity index (χ1v) is 6.46. The van der Waals surface area contributed by atoms with Gasteiger partial charge in [-0.1, -0.05) is 19.1 Å². The zero-order valence-electron chi connectivity index (χ0n) is 10.4. The molecular formula is C13H16BrNO3. The third kappa shape index (κ3) is 3.84. The van der Waals surface area contributed by atoms with Crippen LogP contribution in [0.1, 0.15) is 37.0 Å². The number of carbonyl (C=O) groups excluding carboxylic acids is 1. The van der Waals surface area contributed by atoms with Gasteiger partial charge in [0.25, 0.3) is 5.91 Å². The quantitative estimate of drug-likeness (QED) is 0.878. The first-order valence-electron chi connectivity index (χ1n) is 5.67. The van der Waals surface area contributed by atoms with Crippen molar-refractivity contribution in [1.82, 2.24) is 5.32 Å². The molecule has 18 heavy (non-hydrogen) atoms. The number of carboxylic acid groups (broad SMARTS) is 1. The third-order valence-corrected chi connectivity index (χ3v) is 3.55. The molecule has 0 saturated carbocycles. The van der Waals surface area contributed by atoms with Crippen molar-refractivity contribution >= 4 is 27.8 Å². The van der Waals surface area contributed by atoms with E-state index in [1.807, 2.05) is 13.0 Å². The van der Waals surface area contributed by atoms with E-state index in [-0.39, 0.29) is 12.3 Å². The molecule has 1 rings (SSSR count). The number of halogens is 1. The minimum Gasteiger partial charge on any atom is -0.481 e. The summed E-state index contributed by atoms with van der Waals surface area (Å²) < 4.78 is 0.691. The molecule has 0 aliphatic rings. The predicted molar refractivity (Wildman–Crippen MR) is 72.6 cm³/mol. The fourth-order valence-electron chi connectivity index (χ4n) is 1.58. The summed E-state index contributed by atoms with van der Waals surface area (Å²) in [7, 11) is 0. The molecule has 0 aliphatic heterocycles. The Morgan fingerprint density at radius 2 is 2.00 bits per heavy atom. The van der Waals surface area contributed by atoms with Crippen molar-refractivity contribution in [2.75, 3.05) is 0 Å². The van der Waals surface area contributed by atoms with Crippen molar-refractivity contribution in [3.63, 3.8) is 0 Å². The Labute approximate surface area is 115 Å². The Morgan fingerprint density at radius 1 is 1.39 bits per heavy atom. The number of hydrogen-bond donors (Lipinski definition) is 2. The van der Waals surface area contributed by atoms with E-state index in [2.05, 4.69) is 21.2 Å². The largest absolute Gasteiger partial charge is 0.481 e. The molecule has 2 N–H and O–H groups in total. The standard InChI is InChI=1S/C13H16BrNO3/c1-3-13(2,8-11(16)17)15-12(18)9-6-4-5-7-10(9)14/h4-7H,3,8H2,1-2H3,(H,15,18)(H,16,17). The SMILES string of the molecule is CCC(C)(CC(=O)O)NC(=O)c1ccccc1Br. The molecular weight excluding hydrogens is 298 g/mol. The molecule has 0 radical (unpaired) electrons. The summed E-state index contributed by atoms with van der Waals surface area (Å²) >= 11 is 3.30. The molecule has 0 spiro atoms. The zero-order chi connectivity index (χ0) is 13.8. The monoisotopic (exact) mass is 313 g/mol. The van der Waals surface area contributed by atoms with E-state index in [9.17, 15) is 9.59 Å². The highest BCUT2D eigenvalue weighted by atomic mass is 79.9. The number of aliphatic carboxylic acids is 1. The minimum atomic E-state index is -0.924. The normalized spacial score (nSPS) is 13.7. The number of rotatable bonds is 5. The van der Waals surface area contributed by atoms with Crippen LogP contribution in [0.5, 0.6) is 0 Å². The molecule has 1 aromatic rings. The summed E-state index contributed by atoms with van der Waals surface area (Å²) in [5, 5.41) is 11.6. The van der Waals surface area contributed by atoms with Gasteiger partial charge in [0, 0.05) is 10.0 Å². The maximum Gasteiger partial charge on any atom is 0.305 e. The van der Waals surface area contributed by atoms with E-state index >= 15 is 0 Å². The molecule has 0 fully saturated rings. The van der Waals surface area contributed by atoms with Crippen molar-refractivity contribution in [2.45, 2.75) is 32.2 Å². The summed E-state index contributed by atoms with van der Waals surface area (Å²) in [4.78, 5) is 22.9. The van der Waals surface area contributed by atoms with Gasteiger partial charge in [-0.3, -0.25) is 9.59 Å². The lowest BCUT2D eigenvalue weighted by molar-refractivity contribution is -0.138. The van der Waals surface area contributed by atoms with Crippen molar-refractivity contribution in [3.05, 3.63) is 34.3 Å². The lowest BCUT2D eigenvalue weighted by Crippen LogP contribution is -2.47.